The molecular weight excluding hydrogens is 321 g/mol. The molecule has 21 heavy (non-hydrogen) atoms. The first-order valence-electron chi connectivity index (χ1n) is 5.66. The van der Waals surface area contributed by atoms with Crippen molar-refractivity contribution < 1.29 is 23.5 Å². The minimum absolute atomic E-state index is 0.000275. The Hall–Kier alpha value is -1.99. The Morgan fingerprint density at radius 2 is 2.10 bits per heavy atom. The van der Waals surface area contributed by atoms with E-state index < -0.39 is 11.8 Å². The van der Waals surface area contributed by atoms with Gasteiger partial charge in [0, 0.05) is 0 Å². The van der Waals surface area contributed by atoms with E-state index in [1.165, 1.54) is 24.3 Å². The number of hydrogen-bond acceptors (Lipinski definition) is 4. The van der Waals surface area contributed by atoms with Gasteiger partial charge in [0.2, 0.25) is 11.7 Å². The number of furan rings is 1. The summed E-state index contributed by atoms with van der Waals surface area (Å²) in [5, 5.41) is 11.6. The quantitative estimate of drug-likeness (QED) is 0.821. The molecule has 2 aromatic rings. The monoisotopic (exact) mass is 329 g/mol. The van der Waals surface area contributed by atoms with Crippen molar-refractivity contribution >= 4 is 40.9 Å². The number of halogens is 2. The van der Waals surface area contributed by atoms with Crippen molar-refractivity contribution in [1.82, 2.24) is 0 Å². The normalized spacial score (nSPS) is 10.4. The van der Waals surface area contributed by atoms with Crippen molar-refractivity contribution in [3.63, 3.8) is 0 Å². The second-order valence-electron chi connectivity index (χ2n) is 3.88. The smallest absolute Gasteiger partial charge is 0.371 e. The highest BCUT2D eigenvalue weighted by Gasteiger charge is 2.12. The molecule has 1 amide bonds. The van der Waals surface area contributed by atoms with E-state index in [-0.39, 0.29) is 22.4 Å². The lowest BCUT2D eigenvalue weighted by molar-refractivity contribution is -0.113. The summed E-state index contributed by atoms with van der Waals surface area (Å²) in [6, 6.07) is 6.40. The summed E-state index contributed by atoms with van der Waals surface area (Å²) in [6.45, 7) is 0. The molecule has 0 fully saturated rings. The lowest BCUT2D eigenvalue weighted by Crippen LogP contribution is -2.14. The molecule has 5 nitrogen and oxygen atoms in total. The lowest BCUT2D eigenvalue weighted by atomic mass is 10.3. The summed E-state index contributed by atoms with van der Waals surface area (Å²) in [7, 11) is 0. The topological polar surface area (TPSA) is 79.5 Å². The number of aromatic carboxylic acids is 1. The zero-order valence-electron chi connectivity index (χ0n) is 10.4. The summed E-state index contributed by atoms with van der Waals surface area (Å²) >= 11 is 6.82. The largest absolute Gasteiger partial charge is 0.475 e. The van der Waals surface area contributed by atoms with Crippen molar-refractivity contribution in [3.05, 3.63) is 46.9 Å². The van der Waals surface area contributed by atoms with Crippen LogP contribution in [0.25, 0.3) is 0 Å². The van der Waals surface area contributed by atoms with E-state index in [0.29, 0.717) is 10.8 Å². The van der Waals surface area contributed by atoms with E-state index in [1.807, 2.05) is 0 Å². The lowest BCUT2D eigenvalue weighted by Gasteiger charge is -2.06. The Morgan fingerprint density at radius 1 is 1.33 bits per heavy atom. The van der Waals surface area contributed by atoms with Gasteiger partial charge in [-0.05, 0) is 30.3 Å². The predicted molar refractivity (Wildman–Crippen MR) is 76.4 cm³/mol. The third kappa shape index (κ3) is 4.24. The molecule has 110 valence electrons. The summed E-state index contributed by atoms with van der Waals surface area (Å²) in [4.78, 5) is 22.4. The van der Waals surface area contributed by atoms with Crippen molar-refractivity contribution in [3.8, 4) is 0 Å². The van der Waals surface area contributed by atoms with E-state index in [2.05, 4.69) is 5.32 Å². The molecule has 2 N–H and O–H groups in total. The van der Waals surface area contributed by atoms with Crippen LogP contribution in [-0.4, -0.2) is 22.7 Å². The van der Waals surface area contributed by atoms with Crippen molar-refractivity contribution in [2.24, 2.45) is 0 Å². The number of thioether (sulfide) groups is 1. The first-order chi connectivity index (χ1) is 9.95. The maximum absolute atomic E-state index is 12.9. The van der Waals surface area contributed by atoms with Crippen LogP contribution in [0.4, 0.5) is 10.1 Å². The van der Waals surface area contributed by atoms with Gasteiger partial charge in [0.15, 0.2) is 5.09 Å². The molecular formula is C13H9ClFNO4S. The molecule has 2 rings (SSSR count). The number of carboxylic acid groups (broad SMARTS) is 1. The van der Waals surface area contributed by atoms with E-state index in [4.69, 9.17) is 21.1 Å². The molecule has 1 aromatic heterocycles. The summed E-state index contributed by atoms with van der Waals surface area (Å²) in [5.41, 5.74) is 0.300. The molecule has 0 spiro atoms. The Labute approximate surface area is 128 Å². The van der Waals surface area contributed by atoms with Crippen LogP contribution in [0.5, 0.6) is 0 Å². The average molecular weight is 330 g/mol. The average Bonchev–Trinajstić information content (AvgIpc) is 2.89. The molecule has 0 unspecified atom stereocenters. The fourth-order valence-corrected chi connectivity index (χ4v) is 2.30. The molecule has 0 bridgehead atoms. The maximum Gasteiger partial charge on any atom is 0.371 e. The maximum atomic E-state index is 12.9. The highest BCUT2D eigenvalue weighted by atomic mass is 35.5. The van der Waals surface area contributed by atoms with Crippen LogP contribution in [0, 0.1) is 5.82 Å². The minimum atomic E-state index is -1.18. The third-order valence-electron chi connectivity index (χ3n) is 2.34. The van der Waals surface area contributed by atoms with Crippen LogP contribution >= 0.6 is 23.4 Å². The van der Waals surface area contributed by atoms with Crippen LogP contribution in [0.15, 0.2) is 39.8 Å². The van der Waals surface area contributed by atoms with Gasteiger partial charge >= 0.3 is 5.97 Å². The zero-order chi connectivity index (χ0) is 15.4. The molecule has 0 aliphatic carbocycles. The van der Waals surface area contributed by atoms with Crippen LogP contribution < -0.4 is 5.32 Å². The van der Waals surface area contributed by atoms with Gasteiger partial charge in [-0.1, -0.05) is 23.4 Å². The number of nitrogens with one attached hydrogen (secondary N) is 1. The van der Waals surface area contributed by atoms with Crippen LogP contribution in [0.1, 0.15) is 10.6 Å². The van der Waals surface area contributed by atoms with E-state index >= 15 is 0 Å². The third-order valence-corrected chi connectivity index (χ3v) is 3.57. The zero-order valence-corrected chi connectivity index (χ0v) is 12.0. The minimum Gasteiger partial charge on any atom is -0.475 e. The Morgan fingerprint density at radius 3 is 2.71 bits per heavy atom. The Kier molecular flexibility index (Phi) is 4.87. The molecule has 8 heteroatoms. The Bertz CT molecular complexity index is 689. The molecule has 1 heterocycles. The fourth-order valence-electron chi connectivity index (χ4n) is 1.43. The standard InChI is InChI=1S/C13H9ClFNO4S/c14-8-5-7(15)1-2-9(8)16-11(17)6-21-12-4-3-10(20-12)13(18)19/h1-5H,6H2,(H,16,17)(H,18,19). The molecule has 0 aliphatic rings. The van der Waals surface area contributed by atoms with Crippen LogP contribution in [-0.2, 0) is 4.79 Å². The van der Waals surface area contributed by atoms with Gasteiger partial charge in [-0.25, -0.2) is 9.18 Å². The van der Waals surface area contributed by atoms with E-state index in [1.54, 1.807) is 0 Å². The number of anilines is 1. The number of carboxylic acids is 1. The molecule has 0 radical (unpaired) electrons. The van der Waals surface area contributed by atoms with Crippen LogP contribution in [0.3, 0.4) is 0 Å². The van der Waals surface area contributed by atoms with Crippen molar-refractivity contribution in [1.29, 1.82) is 0 Å². The SMILES string of the molecule is O=C(CSc1ccc(C(=O)O)o1)Nc1ccc(F)cc1Cl. The number of rotatable bonds is 5. The van der Waals surface area contributed by atoms with Gasteiger partial charge in [0.1, 0.15) is 5.82 Å². The number of hydrogen-bond donors (Lipinski definition) is 2. The first kappa shape index (κ1) is 15.4. The Balaban J connectivity index is 1.91. The van der Waals surface area contributed by atoms with Gasteiger partial charge in [-0.2, -0.15) is 0 Å². The summed E-state index contributed by atoms with van der Waals surface area (Å²) in [5.74, 6) is -2.24. The van der Waals surface area contributed by atoms with Gasteiger partial charge in [-0.15, -0.1) is 0 Å². The van der Waals surface area contributed by atoms with Crippen LogP contribution in [0.2, 0.25) is 5.02 Å². The molecule has 0 saturated carbocycles. The van der Waals surface area contributed by atoms with E-state index in [0.717, 1.165) is 17.8 Å². The highest BCUT2D eigenvalue weighted by molar-refractivity contribution is 7.99. The number of benzene rings is 1. The number of amides is 1. The van der Waals surface area contributed by atoms with Gasteiger partial charge in [-0.3, -0.25) is 4.79 Å². The molecule has 0 atom stereocenters. The number of carbonyl (C=O) groups excluding carboxylic acids is 1. The highest BCUT2D eigenvalue weighted by Crippen LogP contribution is 2.24. The molecule has 1 aromatic carbocycles. The van der Waals surface area contributed by atoms with Crippen molar-refractivity contribution in [2.75, 3.05) is 11.1 Å². The van der Waals surface area contributed by atoms with Gasteiger partial charge in [0.05, 0.1) is 16.5 Å². The van der Waals surface area contributed by atoms with Gasteiger partial charge in [0.25, 0.3) is 0 Å². The predicted octanol–water partition coefficient (Wildman–Crippen LogP) is 3.50. The second kappa shape index (κ2) is 6.64. The number of carbonyl (C=O) groups is 2. The van der Waals surface area contributed by atoms with E-state index in [9.17, 15) is 14.0 Å². The molecule has 0 saturated heterocycles. The fraction of sp³-hybridized carbons (Fsp3) is 0.0769. The summed E-state index contributed by atoms with van der Waals surface area (Å²) in [6.07, 6.45) is 0. The first-order valence-corrected chi connectivity index (χ1v) is 7.03. The summed E-state index contributed by atoms with van der Waals surface area (Å²) < 4.78 is 17.9. The van der Waals surface area contributed by atoms with Crippen molar-refractivity contribution in [2.45, 2.75) is 5.09 Å². The van der Waals surface area contributed by atoms with Gasteiger partial charge < -0.3 is 14.8 Å². The second-order valence-corrected chi connectivity index (χ2v) is 5.27. The molecule has 0 aliphatic heterocycles.